The first-order valence-corrected chi connectivity index (χ1v) is 9.00. The van der Waals surface area contributed by atoms with Gasteiger partial charge in [0.25, 0.3) is 0 Å². The maximum Gasteiger partial charge on any atom is 0.407 e. The molecule has 1 rings (SSSR count). The molecule has 2 atom stereocenters. The Morgan fingerprint density at radius 2 is 2.13 bits per heavy atom. The Labute approximate surface area is 143 Å². The van der Waals surface area contributed by atoms with Gasteiger partial charge in [0.2, 0.25) is 0 Å². The van der Waals surface area contributed by atoms with E-state index in [9.17, 15) is 4.79 Å². The van der Waals surface area contributed by atoms with Gasteiger partial charge in [0.1, 0.15) is 5.60 Å². The molecule has 6 heteroatoms. The summed E-state index contributed by atoms with van der Waals surface area (Å²) in [5, 5.41) is 10.6. The van der Waals surface area contributed by atoms with Crippen LogP contribution in [0.25, 0.3) is 0 Å². The third-order valence-corrected chi connectivity index (χ3v) is 4.00. The van der Waals surface area contributed by atoms with Crippen LogP contribution in [0.1, 0.15) is 52.1 Å². The van der Waals surface area contributed by atoms with E-state index in [1.807, 2.05) is 20.8 Å². The van der Waals surface area contributed by atoms with Gasteiger partial charge in [-0.15, -0.1) is 0 Å². The van der Waals surface area contributed by atoms with Crippen LogP contribution in [0.4, 0.5) is 4.79 Å². The molecule has 1 heterocycles. The van der Waals surface area contributed by atoms with E-state index >= 15 is 0 Å². The molecule has 132 valence electrons. The lowest BCUT2D eigenvalue weighted by Gasteiger charge is -2.23. The van der Waals surface area contributed by atoms with E-state index in [4.69, 9.17) is 9.47 Å². The number of hydrogen-bond donors (Lipinski definition) is 2. The van der Waals surface area contributed by atoms with Crippen LogP contribution in [-0.2, 0) is 9.47 Å². The predicted molar refractivity (Wildman–Crippen MR) is 95.0 cm³/mol. The van der Waals surface area contributed by atoms with Crippen molar-refractivity contribution in [1.82, 2.24) is 10.6 Å². The van der Waals surface area contributed by atoms with Gasteiger partial charge >= 0.3 is 6.09 Å². The Balaban J connectivity index is 2.29. The van der Waals surface area contributed by atoms with Gasteiger partial charge in [-0.1, -0.05) is 0 Å². The number of hydrogen-bond acceptors (Lipinski definition) is 5. The molecule has 0 spiro atoms. The van der Waals surface area contributed by atoms with Crippen LogP contribution < -0.4 is 10.6 Å². The molecule has 5 nitrogen and oxygen atoms in total. The second kappa shape index (κ2) is 9.90. The minimum Gasteiger partial charge on any atom is -0.444 e. The van der Waals surface area contributed by atoms with E-state index in [1.165, 1.54) is 5.56 Å². The van der Waals surface area contributed by atoms with Crippen molar-refractivity contribution < 1.29 is 14.3 Å². The zero-order chi connectivity index (χ0) is 17.3. The van der Waals surface area contributed by atoms with Crippen molar-refractivity contribution in [3.63, 3.8) is 0 Å². The number of alkyl carbamates (subject to hydrolysis) is 1. The normalized spacial score (nSPS) is 14.3. The van der Waals surface area contributed by atoms with Crippen LogP contribution in [0.5, 0.6) is 0 Å². The zero-order valence-electron chi connectivity index (χ0n) is 14.8. The van der Waals surface area contributed by atoms with E-state index in [0.29, 0.717) is 19.2 Å². The average Bonchev–Trinajstić information content (AvgIpc) is 2.95. The lowest BCUT2D eigenvalue weighted by Crippen LogP contribution is -2.37. The molecule has 0 radical (unpaired) electrons. The lowest BCUT2D eigenvalue weighted by molar-refractivity contribution is 0.0526. The van der Waals surface area contributed by atoms with Crippen molar-refractivity contribution in [2.24, 2.45) is 0 Å². The molecule has 0 aromatic carbocycles. The maximum atomic E-state index is 11.6. The Kier molecular flexibility index (Phi) is 8.58. The van der Waals surface area contributed by atoms with Crippen LogP contribution in [-0.4, -0.2) is 38.0 Å². The highest BCUT2D eigenvalue weighted by Gasteiger charge is 2.16. The summed E-state index contributed by atoms with van der Waals surface area (Å²) in [4.78, 5) is 11.6. The molecule has 0 aliphatic carbocycles. The van der Waals surface area contributed by atoms with Crippen molar-refractivity contribution in [2.75, 3.05) is 20.3 Å². The van der Waals surface area contributed by atoms with Crippen LogP contribution in [0.15, 0.2) is 16.8 Å². The van der Waals surface area contributed by atoms with Crippen LogP contribution in [0.2, 0.25) is 0 Å². The van der Waals surface area contributed by atoms with Gasteiger partial charge in [-0.25, -0.2) is 4.79 Å². The fourth-order valence-corrected chi connectivity index (χ4v) is 2.99. The standard InChI is InChI=1S/C17H30N2O3S/c1-13(14-8-10-23-12-14)19-15(11-21-5)7-6-9-18-16(20)22-17(2,3)4/h8,10,12-13,15,19H,6-7,9,11H2,1-5H3,(H,18,20). The van der Waals surface area contributed by atoms with E-state index in [1.54, 1.807) is 18.4 Å². The number of thiophene rings is 1. The molecule has 0 aliphatic heterocycles. The number of carbonyl (C=O) groups excluding carboxylic acids is 1. The summed E-state index contributed by atoms with van der Waals surface area (Å²) in [5.41, 5.74) is 0.836. The number of nitrogens with one attached hydrogen (secondary N) is 2. The second-order valence-corrected chi connectivity index (χ2v) is 7.45. The lowest BCUT2D eigenvalue weighted by atomic mass is 10.1. The Hall–Kier alpha value is -1.11. The molecule has 2 unspecified atom stereocenters. The third-order valence-electron chi connectivity index (χ3n) is 3.29. The highest BCUT2D eigenvalue weighted by atomic mass is 32.1. The maximum absolute atomic E-state index is 11.6. The van der Waals surface area contributed by atoms with Crippen molar-refractivity contribution in [1.29, 1.82) is 0 Å². The first-order valence-electron chi connectivity index (χ1n) is 8.05. The molecule has 0 aliphatic rings. The quantitative estimate of drug-likeness (QED) is 0.672. The molecular weight excluding hydrogens is 312 g/mol. The minimum absolute atomic E-state index is 0.260. The number of ether oxygens (including phenoxy) is 2. The predicted octanol–water partition coefficient (Wildman–Crippen LogP) is 3.72. The van der Waals surface area contributed by atoms with Gasteiger partial charge in [0.15, 0.2) is 0 Å². The molecule has 0 saturated carbocycles. The molecule has 1 aromatic heterocycles. The van der Waals surface area contributed by atoms with E-state index < -0.39 is 5.60 Å². The van der Waals surface area contributed by atoms with E-state index in [0.717, 1.165) is 12.8 Å². The molecule has 23 heavy (non-hydrogen) atoms. The van der Waals surface area contributed by atoms with Crippen molar-refractivity contribution >= 4 is 17.4 Å². The number of carbonyl (C=O) groups is 1. The smallest absolute Gasteiger partial charge is 0.407 e. The van der Waals surface area contributed by atoms with Crippen molar-refractivity contribution in [3.05, 3.63) is 22.4 Å². The van der Waals surface area contributed by atoms with Crippen molar-refractivity contribution in [3.8, 4) is 0 Å². The highest BCUT2D eigenvalue weighted by molar-refractivity contribution is 7.07. The third kappa shape index (κ3) is 8.93. The molecule has 1 amide bonds. The Morgan fingerprint density at radius 1 is 1.39 bits per heavy atom. The summed E-state index contributed by atoms with van der Waals surface area (Å²) < 4.78 is 10.5. The van der Waals surface area contributed by atoms with Crippen LogP contribution in [0, 0.1) is 0 Å². The fourth-order valence-electron chi connectivity index (χ4n) is 2.24. The molecular formula is C17H30N2O3S. The Morgan fingerprint density at radius 3 is 2.70 bits per heavy atom. The van der Waals surface area contributed by atoms with Crippen molar-refractivity contribution in [2.45, 2.75) is 58.2 Å². The van der Waals surface area contributed by atoms with Gasteiger partial charge in [-0.2, -0.15) is 11.3 Å². The van der Waals surface area contributed by atoms with Gasteiger partial charge in [0, 0.05) is 25.7 Å². The summed E-state index contributed by atoms with van der Waals surface area (Å²) in [6.07, 6.45) is 1.44. The zero-order valence-corrected chi connectivity index (χ0v) is 15.7. The molecule has 0 bridgehead atoms. The SMILES string of the molecule is COCC(CCCNC(=O)OC(C)(C)C)NC(C)c1ccsc1. The number of rotatable bonds is 9. The second-order valence-electron chi connectivity index (χ2n) is 6.67. The first-order chi connectivity index (χ1) is 10.8. The summed E-state index contributed by atoms with van der Waals surface area (Å²) in [7, 11) is 1.71. The van der Waals surface area contributed by atoms with Gasteiger partial charge in [-0.05, 0) is 62.9 Å². The first kappa shape index (κ1) is 19.9. The van der Waals surface area contributed by atoms with Crippen LogP contribution in [0.3, 0.4) is 0 Å². The average molecular weight is 343 g/mol. The molecule has 2 N–H and O–H groups in total. The van der Waals surface area contributed by atoms with Gasteiger partial charge in [0.05, 0.1) is 6.61 Å². The number of methoxy groups -OCH3 is 1. The van der Waals surface area contributed by atoms with E-state index in [2.05, 4.69) is 34.4 Å². The summed E-state index contributed by atoms with van der Waals surface area (Å²) >= 11 is 1.70. The monoisotopic (exact) mass is 342 g/mol. The molecule has 0 saturated heterocycles. The number of amides is 1. The van der Waals surface area contributed by atoms with Crippen LogP contribution >= 0.6 is 11.3 Å². The van der Waals surface area contributed by atoms with Gasteiger partial charge < -0.3 is 20.1 Å². The molecule has 1 aromatic rings. The minimum atomic E-state index is -0.458. The van der Waals surface area contributed by atoms with Gasteiger partial charge in [-0.3, -0.25) is 0 Å². The fraction of sp³-hybridized carbons (Fsp3) is 0.706. The summed E-state index contributed by atoms with van der Waals surface area (Å²) in [5.74, 6) is 0. The highest BCUT2D eigenvalue weighted by Crippen LogP contribution is 2.17. The topological polar surface area (TPSA) is 59.6 Å². The summed E-state index contributed by atoms with van der Waals surface area (Å²) in [6.45, 7) is 8.99. The molecule has 0 fully saturated rings. The van der Waals surface area contributed by atoms with E-state index in [-0.39, 0.29) is 12.1 Å². The Bertz CT molecular complexity index is 443. The summed E-state index contributed by atoms with van der Waals surface area (Å²) in [6, 6.07) is 2.69. The largest absolute Gasteiger partial charge is 0.444 e.